The van der Waals surface area contributed by atoms with Gasteiger partial charge in [0.25, 0.3) is 0 Å². The van der Waals surface area contributed by atoms with E-state index in [0.29, 0.717) is 5.56 Å². The molecule has 96 valence electrons. The van der Waals surface area contributed by atoms with Gasteiger partial charge in [-0.15, -0.1) is 0 Å². The van der Waals surface area contributed by atoms with E-state index in [2.05, 4.69) is 22.0 Å². The molecule has 1 N–H and O–H groups in total. The minimum absolute atomic E-state index is 0.0203. The Kier molecular flexibility index (Phi) is 4.20. The van der Waals surface area contributed by atoms with Crippen molar-refractivity contribution in [2.75, 3.05) is 11.9 Å². The number of aliphatic hydroxyl groups excluding tert-OH is 1. The molecule has 0 saturated carbocycles. The van der Waals surface area contributed by atoms with E-state index < -0.39 is 0 Å². The van der Waals surface area contributed by atoms with Crippen LogP contribution >= 0.6 is 15.9 Å². The lowest BCUT2D eigenvalue weighted by molar-refractivity contribution is 0.282. The molecule has 3 nitrogen and oxygen atoms in total. The number of benzene rings is 2. The second kappa shape index (κ2) is 5.87. The van der Waals surface area contributed by atoms with Crippen LogP contribution in [0.25, 0.3) is 0 Å². The van der Waals surface area contributed by atoms with Gasteiger partial charge in [0.05, 0.1) is 23.9 Å². The molecule has 0 heterocycles. The lowest BCUT2D eigenvalue weighted by Gasteiger charge is -2.21. The van der Waals surface area contributed by atoms with Crippen molar-refractivity contribution in [3.8, 4) is 6.07 Å². The van der Waals surface area contributed by atoms with Gasteiger partial charge >= 0.3 is 0 Å². The van der Waals surface area contributed by atoms with Crippen molar-refractivity contribution in [1.82, 2.24) is 0 Å². The summed E-state index contributed by atoms with van der Waals surface area (Å²) in [6.07, 6.45) is 0. The summed E-state index contributed by atoms with van der Waals surface area (Å²) in [7, 11) is 1.94. The van der Waals surface area contributed by atoms with Crippen molar-refractivity contribution in [1.29, 1.82) is 5.26 Å². The zero-order valence-electron chi connectivity index (χ0n) is 10.5. The van der Waals surface area contributed by atoms with Gasteiger partial charge in [0, 0.05) is 17.2 Å². The third kappa shape index (κ3) is 2.95. The number of rotatable bonds is 3. The van der Waals surface area contributed by atoms with Crippen LogP contribution in [0.1, 0.15) is 11.1 Å². The van der Waals surface area contributed by atoms with Crippen LogP contribution in [0, 0.1) is 11.3 Å². The molecule has 0 fully saturated rings. The number of halogens is 1. The number of nitriles is 1. The number of anilines is 2. The van der Waals surface area contributed by atoms with Crippen LogP contribution in [0.3, 0.4) is 0 Å². The van der Waals surface area contributed by atoms with Crippen molar-refractivity contribution in [3.05, 3.63) is 58.1 Å². The smallest absolute Gasteiger partial charge is 0.0992 e. The Labute approximate surface area is 120 Å². The Bertz CT molecular complexity index is 634. The SMILES string of the molecule is CN(c1cccc(C#N)c1)c1ccc(CO)cc1Br. The fourth-order valence-corrected chi connectivity index (χ4v) is 2.54. The summed E-state index contributed by atoms with van der Waals surface area (Å²) in [5.41, 5.74) is 3.41. The van der Waals surface area contributed by atoms with E-state index in [1.54, 1.807) is 6.07 Å². The van der Waals surface area contributed by atoms with Crippen molar-refractivity contribution in [3.63, 3.8) is 0 Å². The Balaban J connectivity index is 2.38. The first kappa shape index (κ1) is 13.6. The molecule has 0 aromatic heterocycles. The van der Waals surface area contributed by atoms with E-state index in [4.69, 9.17) is 10.4 Å². The molecular formula is C15H13BrN2O. The molecule has 0 aliphatic heterocycles. The second-order valence-electron chi connectivity index (χ2n) is 4.17. The Morgan fingerprint density at radius 3 is 2.68 bits per heavy atom. The van der Waals surface area contributed by atoms with Crippen LogP contribution in [0.4, 0.5) is 11.4 Å². The molecule has 19 heavy (non-hydrogen) atoms. The normalized spacial score (nSPS) is 10.0. The Hall–Kier alpha value is -1.83. The Morgan fingerprint density at radius 2 is 2.05 bits per heavy atom. The van der Waals surface area contributed by atoms with Gasteiger partial charge in [0.1, 0.15) is 0 Å². The van der Waals surface area contributed by atoms with Gasteiger partial charge in [0.15, 0.2) is 0 Å². The van der Waals surface area contributed by atoms with Crippen LogP contribution in [0.2, 0.25) is 0 Å². The van der Waals surface area contributed by atoms with Gasteiger partial charge in [-0.3, -0.25) is 0 Å². The molecule has 0 amide bonds. The highest BCUT2D eigenvalue weighted by Gasteiger charge is 2.09. The first-order valence-corrected chi connectivity index (χ1v) is 6.58. The zero-order chi connectivity index (χ0) is 13.8. The van der Waals surface area contributed by atoms with Gasteiger partial charge in [-0.2, -0.15) is 5.26 Å². The number of aliphatic hydroxyl groups is 1. The molecule has 2 aromatic carbocycles. The first-order valence-electron chi connectivity index (χ1n) is 5.79. The summed E-state index contributed by atoms with van der Waals surface area (Å²) in [6, 6.07) is 15.3. The zero-order valence-corrected chi connectivity index (χ0v) is 12.1. The van der Waals surface area contributed by atoms with E-state index in [1.807, 2.05) is 48.3 Å². The molecule has 0 saturated heterocycles. The van der Waals surface area contributed by atoms with Crippen LogP contribution < -0.4 is 4.90 Å². The van der Waals surface area contributed by atoms with E-state index in [9.17, 15) is 0 Å². The van der Waals surface area contributed by atoms with Crippen molar-refractivity contribution >= 4 is 27.3 Å². The predicted octanol–water partition coefficient (Wildman–Crippen LogP) is 3.58. The lowest BCUT2D eigenvalue weighted by atomic mass is 10.1. The summed E-state index contributed by atoms with van der Waals surface area (Å²) in [5.74, 6) is 0. The predicted molar refractivity (Wildman–Crippen MR) is 79.3 cm³/mol. The molecule has 4 heteroatoms. The second-order valence-corrected chi connectivity index (χ2v) is 5.02. The fraction of sp³-hybridized carbons (Fsp3) is 0.133. The molecule has 0 unspecified atom stereocenters. The first-order chi connectivity index (χ1) is 9.15. The number of hydrogen-bond acceptors (Lipinski definition) is 3. The van der Waals surface area contributed by atoms with Gasteiger partial charge < -0.3 is 10.0 Å². The third-order valence-corrected chi connectivity index (χ3v) is 3.55. The number of hydrogen-bond donors (Lipinski definition) is 1. The van der Waals surface area contributed by atoms with Gasteiger partial charge in [-0.1, -0.05) is 12.1 Å². The molecule has 2 aromatic rings. The minimum Gasteiger partial charge on any atom is -0.392 e. The van der Waals surface area contributed by atoms with E-state index in [0.717, 1.165) is 21.4 Å². The molecule has 0 bridgehead atoms. The third-order valence-electron chi connectivity index (χ3n) is 2.92. The summed E-state index contributed by atoms with van der Waals surface area (Å²) >= 11 is 3.50. The van der Waals surface area contributed by atoms with Crippen LogP contribution in [-0.2, 0) is 6.61 Å². The maximum absolute atomic E-state index is 9.11. The van der Waals surface area contributed by atoms with E-state index >= 15 is 0 Å². The maximum Gasteiger partial charge on any atom is 0.0992 e. The highest BCUT2D eigenvalue weighted by atomic mass is 79.9. The monoisotopic (exact) mass is 316 g/mol. The maximum atomic E-state index is 9.11. The molecule has 0 radical (unpaired) electrons. The number of nitrogens with zero attached hydrogens (tertiary/aromatic N) is 2. The molecular weight excluding hydrogens is 304 g/mol. The van der Waals surface area contributed by atoms with Gasteiger partial charge in [-0.25, -0.2) is 0 Å². The molecule has 0 aliphatic carbocycles. The average Bonchev–Trinajstić information content (AvgIpc) is 2.46. The summed E-state index contributed by atoms with van der Waals surface area (Å²) < 4.78 is 0.906. The van der Waals surface area contributed by atoms with E-state index in [1.165, 1.54) is 0 Å². The topological polar surface area (TPSA) is 47.3 Å². The average molecular weight is 317 g/mol. The highest BCUT2D eigenvalue weighted by Crippen LogP contribution is 2.31. The van der Waals surface area contributed by atoms with E-state index in [-0.39, 0.29) is 6.61 Å². The molecule has 0 atom stereocenters. The van der Waals surface area contributed by atoms with Crippen molar-refractivity contribution < 1.29 is 5.11 Å². The molecule has 2 rings (SSSR count). The van der Waals surface area contributed by atoms with Gasteiger partial charge in [-0.05, 0) is 51.8 Å². The quantitative estimate of drug-likeness (QED) is 0.941. The molecule has 0 aliphatic rings. The summed E-state index contributed by atoms with van der Waals surface area (Å²) in [5, 5.41) is 18.0. The van der Waals surface area contributed by atoms with Crippen LogP contribution in [0.5, 0.6) is 0 Å². The van der Waals surface area contributed by atoms with Crippen LogP contribution in [0.15, 0.2) is 46.9 Å². The van der Waals surface area contributed by atoms with Crippen LogP contribution in [-0.4, -0.2) is 12.2 Å². The highest BCUT2D eigenvalue weighted by molar-refractivity contribution is 9.10. The van der Waals surface area contributed by atoms with Crippen molar-refractivity contribution in [2.45, 2.75) is 6.61 Å². The van der Waals surface area contributed by atoms with Gasteiger partial charge in [0.2, 0.25) is 0 Å². The summed E-state index contributed by atoms with van der Waals surface area (Å²) in [6.45, 7) is 0.0203. The largest absolute Gasteiger partial charge is 0.392 e. The Morgan fingerprint density at radius 1 is 1.26 bits per heavy atom. The summed E-state index contributed by atoms with van der Waals surface area (Å²) in [4.78, 5) is 1.99. The van der Waals surface area contributed by atoms with Crippen molar-refractivity contribution in [2.24, 2.45) is 0 Å². The fourth-order valence-electron chi connectivity index (χ4n) is 1.84. The molecule has 0 spiro atoms. The minimum atomic E-state index is 0.0203. The standard InChI is InChI=1S/C15H13BrN2O/c1-18(13-4-2-3-11(7-13)9-17)15-6-5-12(10-19)8-14(15)16/h2-8,19H,10H2,1H3. The lowest BCUT2D eigenvalue weighted by Crippen LogP contribution is -2.10.